The van der Waals surface area contributed by atoms with Crippen LogP contribution in [0.25, 0.3) is 0 Å². The van der Waals surface area contributed by atoms with Gasteiger partial charge in [-0.1, -0.05) is 0 Å². The summed E-state index contributed by atoms with van der Waals surface area (Å²) in [6, 6.07) is 0. The van der Waals surface area contributed by atoms with Crippen molar-refractivity contribution in [1.82, 2.24) is 0 Å². The maximum atomic E-state index is 10.4. The Morgan fingerprint density at radius 2 is 0.938 bits per heavy atom. The number of rotatable bonds is 4. The van der Waals surface area contributed by atoms with E-state index in [-0.39, 0.29) is 46.7 Å². The van der Waals surface area contributed by atoms with Gasteiger partial charge in [-0.05, 0) is 0 Å². The monoisotopic (exact) mass is 386 g/mol. The molecular weight excluding hydrogens is 376 g/mol. The molecule has 0 bridgehead atoms. The van der Waals surface area contributed by atoms with Crippen molar-refractivity contribution in [2.24, 2.45) is 0 Å². The van der Waals surface area contributed by atoms with Crippen LogP contribution in [0, 0.1) is 0 Å². The minimum atomic E-state index is -5.46. The molecule has 1 atom stereocenters. The first-order valence-corrected chi connectivity index (χ1v) is 6.83. The van der Waals surface area contributed by atoms with Crippen molar-refractivity contribution in [2.45, 2.75) is 0 Å². The molecule has 0 aliphatic heterocycles. The van der Waals surface area contributed by atoms with Crippen molar-refractivity contribution in [3.63, 3.8) is 0 Å². The van der Waals surface area contributed by atoms with E-state index in [0.29, 0.717) is 0 Å². The van der Waals surface area contributed by atoms with E-state index in [0.717, 1.165) is 0 Å². The summed E-state index contributed by atoms with van der Waals surface area (Å²) in [4.78, 5) is 40.2. The molecular formula is H11AlO10P4Zn. The third-order valence-electron chi connectivity index (χ3n) is 0.419. The molecule has 0 aromatic heterocycles. The smallest absolute Gasteiger partial charge is 0.302 e. The van der Waals surface area contributed by atoms with Crippen molar-refractivity contribution in [1.29, 1.82) is 0 Å². The van der Waals surface area contributed by atoms with Gasteiger partial charge in [0.25, 0.3) is 0 Å². The van der Waals surface area contributed by atoms with Crippen molar-refractivity contribution in [3.05, 3.63) is 0 Å². The molecule has 5 N–H and O–H groups in total. The average Bonchev–Trinajstić information content (AvgIpc) is 1.43. The van der Waals surface area contributed by atoms with Gasteiger partial charge >= 0.3 is 23.5 Å². The van der Waals surface area contributed by atoms with E-state index >= 15 is 0 Å². The van der Waals surface area contributed by atoms with Gasteiger partial charge in [0.15, 0.2) is 17.4 Å². The summed E-state index contributed by atoms with van der Waals surface area (Å²) in [5.41, 5.74) is 0. The first kappa shape index (κ1) is 26.5. The van der Waals surface area contributed by atoms with Gasteiger partial charge in [-0.2, -0.15) is 18.5 Å². The molecule has 0 rings (SSSR count). The Kier molecular flexibility index (Phi) is 14.9. The molecule has 96 valence electrons. The molecule has 0 heterocycles. The van der Waals surface area contributed by atoms with E-state index in [1.807, 2.05) is 0 Å². The van der Waals surface area contributed by atoms with Gasteiger partial charge in [0.2, 0.25) is 0 Å². The van der Waals surface area contributed by atoms with Gasteiger partial charge in [0.1, 0.15) is 0 Å². The SMILES string of the molecule is O=P(O)(O)OP(=O)(O)OP(=O)(O)O.P.[AlH3].[Zn]. The zero-order valence-corrected chi connectivity index (χ0v) is 14.1. The predicted molar refractivity (Wildman–Crippen MR) is 57.1 cm³/mol. The third-order valence-corrected chi connectivity index (χ3v) is 3.77. The molecule has 0 saturated heterocycles. The van der Waals surface area contributed by atoms with E-state index in [4.69, 9.17) is 24.5 Å². The summed E-state index contributed by atoms with van der Waals surface area (Å²) in [5.74, 6) is 0. The quantitative estimate of drug-likeness (QED) is 0.273. The molecule has 0 fully saturated rings. The van der Waals surface area contributed by atoms with Crippen LogP contribution in [0.5, 0.6) is 0 Å². The van der Waals surface area contributed by atoms with E-state index in [1.54, 1.807) is 0 Å². The molecule has 0 aliphatic carbocycles. The zero-order chi connectivity index (χ0) is 10.9. The second-order valence-corrected chi connectivity index (χ2v) is 5.82. The molecule has 16 heavy (non-hydrogen) atoms. The van der Waals surface area contributed by atoms with Crippen LogP contribution in [0.1, 0.15) is 0 Å². The molecule has 16 heteroatoms. The van der Waals surface area contributed by atoms with Gasteiger partial charge in [-0.3, -0.25) is 0 Å². The molecule has 1 unspecified atom stereocenters. The van der Waals surface area contributed by atoms with Gasteiger partial charge in [-0.15, -0.1) is 0 Å². The Balaban J connectivity index is -0.000000240. The molecule has 0 saturated carbocycles. The van der Waals surface area contributed by atoms with Crippen LogP contribution in [0.2, 0.25) is 0 Å². The fourth-order valence-corrected chi connectivity index (χ4v) is 2.82. The van der Waals surface area contributed by atoms with Gasteiger partial charge < -0.3 is 24.5 Å². The number of hydrogen-bond acceptors (Lipinski definition) is 5. The first-order valence-electron chi connectivity index (χ1n) is 2.28. The molecule has 0 amide bonds. The summed E-state index contributed by atoms with van der Waals surface area (Å²) in [6.45, 7) is 0. The molecule has 0 aromatic carbocycles. The van der Waals surface area contributed by atoms with Gasteiger partial charge in [0.05, 0.1) is 0 Å². The molecule has 10 nitrogen and oxygen atoms in total. The predicted octanol–water partition coefficient (Wildman–Crippen LogP) is -1.82. The van der Waals surface area contributed by atoms with E-state index < -0.39 is 23.5 Å². The fourth-order valence-electron chi connectivity index (χ4n) is 0.284. The fraction of sp³-hybridized carbons (Fsp3) is 0. The van der Waals surface area contributed by atoms with E-state index in [2.05, 4.69) is 8.62 Å². The van der Waals surface area contributed by atoms with Crippen molar-refractivity contribution in [2.75, 3.05) is 0 Å². The second kappa shape index (κ2) is 8.99. The minimum Gasteiger partial charge on any atom is -0.302 e. The van der Waals surface area contributed by atoms with Crippen LogP contribution >= 0.6 is 33.4 Å². The molecule has 0 radical (unpaired) electrons. The maximum absolute atomic E-state index is 10.4. The molecule has 0 aliphatic rings. The Labute approximate surface area is 117 Å². The average molecular weight is 387 g/mol. The maximum Gasteiger partial charge on any atom is 0.490 e. The Bertz CT molecular complexity index is 285. The Hall–Kier alpha value is 2.00. The number of phosphoric acid groups is 3. The van der Waals surface area contributed by atoms with Crippen LogP contribution < -0.4 is 0 Å². The summed E-state index contributed by atoms with van der Waals surface area (Å²) in [7, 11) is -16.2. The van der Waals surface area contributed by atoms with E-state index in [1.165, 1.54) is 0 Å². The zero-order valence-electron chi connectivity index (χ0n) is 7.03. The normalized spacial score (nSPS) is 11.8. The van der Waals surface area contributed by atoms with Crippen molar-refractivity contribution >= 4 is 50.7 Å². The van der Waals surface area contributed by atoms with Crippen LogP contribution in [-0.4, -0.2) is 41.8 Å². The van der Waals surface area contributed by atoms with Crippen LogP contribution in [0.15, 0.2) is 0 Å². The molecule has 0 spiro atoms. The summed E-state index contributed by atoms with van der Waals surface area (Å²) in [6.07, 6.45) is 0. The Morgan fingerprint density at radius 1 is 0.750 bits per heavy atom. The van der Waals surface area contributed by atoms with Crippen molar-refractivity contribution < 1.29 is 66.3 Å². The van der Waals surface area contributed by atoms with Gasteiger partial charge in [0, 0.05) is 19.5 Å². The summed E-state index contributed by atoms with van der Waals surface area (Å²) < 4.78 is 36.4. The van der Waals surface area contributed by atoms with Gasteiger partial charge in [-0.25, -0.2) is 13.7 Å². The largest absolute Gasteiger partial charge is 0.490 e. The van der Waals surface area contributed by atoms with E-state index in [9.17, 15) is 13.7 Å². The third kappa shape index (κ3) is 18.4. The van der Waals surface area contributed by atoms with Crippen LogP contribution in [0.3, 0.4) is 0 Å². The van der Waals surface area contributed by atoms with Crippen molar-refractivity contribution in [3.8, 4) is 0 Å². The Morgan fingerprint density at radius 3 is 1.06 bits per heavy atom. The summed E-state index contributed by atoms with van der Waals surface area (Å²) >= 11 is 0. The minimum absolute atomic E-state index is 0. The molecule has 0 aromatic rings. The second-order valence-electron chi connectivity index (χ2n) is 1.61. The standard InChI is InChI=1S/Al.H5O10P3.H3P.Zn.3H/c;1-11(2,3)9-13(7,8)10-12(4,5)6;;;;;/h;(H,7,8)(H2,1,2,3)(H2,4,5,6);1H3;;;;. The van der Waals surface area contributed by atoms with Crippen LogP contribution in [0.4, 0.5) is 0 Å². The first-order chi connectivity index (χ1) is 5.41. The number of hydrogen-bond donors (Lipinski definition) is 5. The summed E-state index contributed by atoms with van der Waals surface area (Å²) in [5, 5.41) is 0. The topological polar surface area (TPSA) is 171 Å². The van der Waals surface area contributed by atoms with Crippen LogP contribution in [-0.2, 0) is 41.8 Å².